The molecule has 0 bridgehead atoms. The molecule has 1 aliphatic heterocycles. The van der Waals surface area contributed by atoms with Crippen LogP contribution in [0.3, 0.4) is 0 Å². The van der Waals surface area contributed by atoms with Crippen LogP contribution in [0.1, 0.15) is 12.6 Å². The average Bonchev–Trinajstić information content (AvgIpc) is 2.54. The number of ether oxygens (including phenoxy) is 2. The van der Waals surface area contributed by atoms with Crippen LogP contribution < -0.4 is 14.8 Å². The summed E-state index contributed by atoms with van der Waals surface area (Å²) in [7, 11) is 3.10. The molecule has 0 saturated carbocycles. The van der Waals surface area contributed by atoms with Gasteiger partial charge < -0.3 is 14.8 Å². The molecule has 2 aromatic rings. The number of nitrogens with zero attached hydrogens (tertiary/aromatic N) is 2. The normalized spacial score (nSPS) is 20.0. The molecule has 1 aromatic heterocycles. The number of hydrogen-bond acceptors (Lipinski definition) is 6. The molecule has 7 heteroatoms. The van der Waals surface area contributed by atoms with Gasteiger partial charge in [-0.1, -0.05) is 11.6 Å². The van der Waals surface area contributed by atoms with Crippen LogP contribution in [0.2, 0.25) is 5.02 Å². The lowest BCUT2D eigenvalue weighted by atomic mass is 9.99. The third-order valence-corrected chi connectivity index (χ3v) is 5.14. The molecular weight excluding hydrogens is 322 g/mol. The largest absolute Gasteiger partial charge is 0.477 e. The minimum absolute atomic E-state index is 0.349. The third-order valence-electron chi connectivity index (χ3n) is 3.53. The Labute approximate surface area is 138 Å². The Kier molecular flexibility index (Phi) is 4.06. The van der Waals surface area contributed by atoms with Crippen LogP contribution >= 0.6 is 23.4 Å². The van der Waals surface area contributed by atoms with Crippen molar-refractivity contribution in [3.63, 3.8) is 0 Å². The molecule has 1 unspecified atom stereocenters. The van der Waals surface area contributed by atoms with Crippen molar-refractivity contribution in [1.29, 1.82) is 0 Å². The Morgan fingerprint density at radius 3 is 2.77 bits per heavy atom. The fourth-order valence-electron chi connectivity index (χ4n) is 2.31. The Morgan fingerprint density at radius 2 is 2.05 bits per heavy atom. The van der Waals surface area contributed by atoms with Crippen LogP contribution in [-0.2, 0) is 5.54 Å². The maximum atomic E-state index is 6.04. The minimum atomic E-state index is -0.349. The fourth-order valence-corrected chi connectivity index (χ4v) is 3.70. The molecule has 0 radical (unpaired) electrons. The summed E-state index contributed by atoms with van der Waals surface area (Å²) in [6, 6.07) is 5.82. The van der Waals surface area contributed by atoms with E-state index in [4.69, 9.17) is 21.1 Å². The number of rotatable bonds is 3. The van der Waals surface area contributed by atoms with E-state index in [2.05, 4.69) is 22.2 Å². The molecule has 0 aliphatic carbocycles. The topological polar surface area (TPSA) is 56.3 Å². The second-order valence-corrected chi connectivity index (χ2v) is 6.61. The smallest absolute Gasteiger partial charge is 0.278 e. The number of aromatic nitrogens is 2. The summed E-state index contributed by atoms with van der Waals surface area (Å²) in [5.74, 6) is 1.57. The zero-order valence-electron chi connectivity index (χ0n) is 12.5. The first-order valence-electron chi connectivity index (χ1n) is 6.72. The molecule has 116 valence electrons. The average molecular weight is 338 g/mol. The van der Waals surface area contributed by atoms with Gasteiger partial charge >= 0.3 is 0 Å². The highest BCUT2D eigenvalue weighted by atomic mass is 35.5. The predicted molar refractivity (Wildman–Crippen MR) is 88.3 cm³/mol. The number of benzene rings is 1. The maximum absolute atomic E-state index is 6.04. The number of halogens is 1. The highest BCUT2D eigenvalue weighted by molar-refractivity contribution is 7.99. The van der Waals surface area contributed by atoms with E-state index in [1.54, 1.807) is 32.2 Å². The van der Waals surface area contributed by atoms with Crippen LogP contribution in [0, 0.1) is 0 Å². The summed E-state index contributed by atoms with van der Waals surface area (Å²) < 4.78 is 10.4. The molecule has 0 amide bonds. The zero-order valence-corrected chi connectivity index (χ0v) is 14.1. The maximum Gasteiger partial charge on any atom is 0.278 e. The number of methoxy groups -OCH3 is 2. The summed E-state index contributed by atoms with van der Waals surface area (Å²) >= 11 is 7.79. The number of fused-ring (bicyclic) bond motifs is 1. The molecular formula is C15H16ClN3O2S. The number of thioether (sulfide) groups is 1. The molecule has 5 nitrogen and oxygen atoms in total. The monoisotopic (exact) mass is 337 g/mol. The van der Waals surface area contributed by atoms with Crippen LogP contribution in [0.4, 0.5) is 5.69 Å². The molecule has 0 fully saturated rings. The van der Waals surface area contributed by atoms with Crippen molar-refractivity contribution in [3.05, 3.63) is 35.1 Å². The van der Waals surface area contributed by atoms with Gasteiger partial charge in [-0.3, -0.25) is 0 Å². The second kappa shape index (κ2) is 5.85. The Hall–Kier alpha value is -1.66. The third kappa shape index (κ3) is 2.68. The van der Waals surface area contributed by atoms with Crippen LogP contribution in [0.5, 0.6) is 11.8 Å². The van der Waals surface area contributed by atoms with Gasteiger partial charge in [0, 0.05) is 21.4 Å². The van der Waals surface area contributed by atoms with Gasteiger partial charge in [0.1, 0.15) is 0 Å². The zero-order chi connectivity index (χ0) is 15.7. The van der Waals surface area contributed by atoms with E-state index < -0.39 is 0 Å². The van der Waals surface area contributed by atoms with E-state index >= 15 is 0 Å². The molecule has 1 atom stereocenters. The Balaban J connectivity index is 1.96. The van der Waals surface area contributed by atoms with Gasteiger partial charge in [-0.2, -0.15) is 0 Å². The van der Waals surface area contributed by atoms with Crippen LogP contribution in [0.25, 0.3) is 0 Å². The van der Waals surface area contributed by atoms with Crippen molar-refractivity contribution in [2.24, 2.45) is 0 Å². The first kappa shape index (κ1) is 15.2. The van der Waals surface area contributed by atoms with E-state index in [1.165, 1.54) is 0 Å². The molecule has 1 N–H and O–H groups in total. The summed E-state index contributed by atoms with van der Waals surface area (Å²) in [5.41, 5.74) is 1.50. The van der Waals surface area contributed by atoms with E-state index in [1.807, 2.05) is 18.2 Å². The lowest BCUT2D eigenvalue weighted by Crippen LogP contribution is -2.38. The van der Waals surface area contributed by atoms with Crippen molar-refractivity contribution >= 4 is 29.1 Å². The minimum Gasteiger partial charge on any atom is -0.477 e. The van der Waals surface area contributed by atoms with E-state index in [-0.39, 0.29) is 5.54 Å². The van der Waals surface area contributed by atoms with Gasteiger partial charge in [-0.05, 0) is 25.1 Å². The predicted octanol–water partition coefficient (Wildman–Crippen LogP) is 3.58. The van der Waals surface area contributed by atoms with Gasteiger partial charge in [-0.15, -0.1) is 11.8 Å². The van der Waals surface area contributed by atoms with Crippen molar-refractivity contribution < 1.29 is 9.47 Å². The first-order chi connectivity index (χ1) is 10.6. The summed E-state index contributed by atoms with van der Waals surface area (Å²) in [6.45, 7) is 2.09. The van der Waals surface area contributed by atoms with Gasteiger partial charge in [0.2, 0.25) is 0 Å². The highest BCUT2D eigenvalue weighted by Crippen LogP contribution is 2.42. The quantitative estimate of drug-likeness (QED) is 0.923. The summed E-state index contributed by atoms with van der Waals surface area (Å²) in [5, 5.41) is 4.27. The van der Waals surface area contributed by atoms with E-state index in [0.717, 1.165) is 27.1 Å². The lowest BCUT2D eigenvalue weighted by Gasteiger charge is -2.36. The Morgan fingerprint density at radius 1 is 1.27 bits per heavy atom. The van der Waals surface area contributed by atoms with Gasteiger partial charge in [0.25, 0.3) is 11.8 Å². The SMILES string of the molecule is COc1ncc(C2(C)CSc3cc(Cl)ccc3N2)nc1OC. The van der Waals surface area contributed by atoms with Crippen LogP contribution in [0.15, 0.2) is 29.3 Å². The fraction of sp³-hybridized carbons (Fsp3) is 0.333. The number of anilines is 1. The van der Waals surface area contributed by atoms with Gasteiger partial charge in [0.05, 0.1) is 31.6 Å². The van der Waals surface area contributed by atoms with E-state index in [9.17, 15) is 0 Å². The van der Waals surface area contributed by atoms with E-state index in [0.29, 0.717) is 11.8 Å². The molecule has 0 spiro atoms. The van der Waals surface area contributed by atoms with Gasteiger partial charge in [0.15, 0.2) is 0 Å². The number of hydrogen-bond donors (Lipinski definition) is 1. The van der Waals surface area contributed by atoms with Crippen molar-refractivity contribution in [3.8, 4) is 11.8 Å². The highest BCUT2D eigenvalue weighted by Gasteiger charge is 2.34. The summed E-state index contributed by atoms with van der Waals surface area (Å²) in [4.78, 5) is 9.95. The van der Waals surface area contributed by atoms with Crippen LogP contribution in [-0.4, -0.2) is 29.9 Å². The molecule has 1 aromatic carbocycles. The standard InChI is InChI=1S/C15H16ClN3O2S/c1-15(12-7-17-13(20-2)14(18-12)21-3)8-22-11-6-9(16)4-5-10(11)19-15/h4-7,19H,8H2,1-3H3. The second-order valence-electron chi connectivity index (χ2n) is 5.16. The van der Waals surface area contributed by atoms with Crippen molar-refractivity contribution in [1.82, 2.24) is 9.97 Å². The van der Waals surface area contributed by atoms with Crippen molar-refractivity contribution in [2.45, 2.75) is 17.4 Å². The first-order valence-corrected chi connectivity index (χ1v) is 8.08. The van der Waals surface area contributed by atoms with Gasteiger partial charge in [-0.25, -0.2) is 9.97 Å². The molecule has 22 heavy (non-hydrogen) atoms. The molecule has 3 rings (SSSR count). The molecule has 2 heterocycles. The number of nitrogens with one attached hydrogen (secondary N) is 1. The summed E-state index contributed by atoms with van der Waals surface area (Å²) in [6.07, 6.45) is 1.72. The van der Waals surface area contributed by atoms with Crippen molar-refractivity contribution in [2.75, 3.05) is 25.3 Å². The molecule has 1 aliphatic rings. The Bertz CT molecular complexity index is 713. The lowest BCUT2D eigenvalue weighted by molar-refractivity contribution is 0.327. The molecule has 0 saturated heterocycles.